The molecular formula is C19H25NO4S. The van der Waals surface area contributed by atoms with Gasteiger partial charge in [0.15, 0.2) is 0 Å². The van der Waals surface area contributed by atoms with Gasteiger partial charge in [0.25, 0.3) is 0 Å². The molecule has 0 saturated carbocycles. The predicted molar refractivity (Wildman–Crippen MR) is 98.8 cm³/mol. The van der Waals surface area contributed by atoms with Crippen LogP contribution in [0.15, 0.2) is 53.4 Å². The van der Waals surface area contributed by atoms with Crippen LogP contribution in [0, 0.1) is 0 Å². The van der Waals surface area contributed by atoms with Crippen molar-refractivity contribution in [2.24, 2.45) is 0 Å². The summed E-state index contributed by atoms with van der Waals surface area (Å²) >= 11 is 0. The fraction of sp³-hybridized carbons (Fsp3) is 0.368. The summed E-state index contributed by atoms with van der Waals surface area (Å²) in [7, 11) is -0.354. The lowest BCUT2D eigenvalue weighted by Crippen LogP contribution is -2.31. The number of rotatable bonds is 8. The molecule has 0 atom stereocenters. The number of benzene rings is 2. The Morgan fingerprint density at radius 2 is 1.52 bits per heavy atom. The fourth-order valence-corrected chi connectivity index (χ4v) is 3.44. The smallest absolute Gasteiger partial charge is 0.242 e. The average Bonchev–Trinajstić information content (AvgIpc) is 2.62. The molecule has 0 bridgehead atoms. The second kappa shape index (κ2) is 8.36. The number of likely N-dealkylation sites (N-methyl/N-ethyl adjacent to an activating group) is 1. The van der Waals surface area contributed by atoms with E-state index in [1.165, 1.54) is 4.31 Å². The molecule has 136 valence electrons. The monoisotopic (exact) mass is 363 g/mol. The van der Waals surface area contributed by atoms with E-state index in [1.807, 2.05) is 12.1 Å². The Kier molecular flexibility index (Phi) is 6.45. The van der Waals surface area contributed by atoms with Crippen molar-refractivity contribution in [1.29, 1.82) is 0 Å². The molecule has 0 unspecified atom stereocenters. The highest BCUT2D eigenvalue weighted by Crippen LogP contribution is 2.20. The molecule has 5 nitrogen and oxygen atoms in total. The van der Waals surface area contributed by atoms with Crippen LogP contribution in [-0.2, 0) is 10.0 Å². The van der Waals surface area contributed by atoms with Gasteiger partial charge in [-0.2, -0.15) is 4.31 Å². The van der Waals surface area contributed by atoms with Crippen LogP contribution in [0.3, 0.4) is 0 Å². The predicted octanol–water partition coefficient (Wildman–Crippen LogP) is 3.52. The second-order valence-electron chi connectivity index (χ2n) is 6.07. The lowest BCUT2D eigenvalue weighted by Gasteiger charge is -2.18. The van der Waals surface area contributed by atoms with Crippen LogP contribution in [0.1, 0.15) is 25.3 Å². The first-order chi connectivity index (χ1) is 11.8. The molecule has 0 heterocycles. The molecule has 0 aliphatic rings. The number of hydrogen-bond acceptors (Lipinski definition) is 4. The summed E-state index contributed by atoms with van der Waals surface area (Å²) in [6, 6.07) is 14.2. The molecule has 2 aromatic carbocycles. The highest BCUT2D eigenvalue weighted by molar-refractivity contribution is 7.89. The zero-order valence-electron chi connectivity index (χ0n) is 15.1. The van der Waals surface area contributed by atoms with Gasteiger partial charge in [0.1, 0.15) is 18.1 Å². The minimum Gasteiger partial charge on any atom is -0.497 e. The summed E-state index contributed by atoms with van der Waals surface area (Å²) in [5.74, 6) is 1.79. The lowest BCUT2D eigenvalue weighted by molar-refractivity contribution is 0.286. The molecule has 6 heteroatoms. The molecule has 0 aliphatic carbocycles. The highest BCUT2D eigenvalue weighted by atomic mass is 32.2. The first kappa shape index (κ1) is 19.3. The van der Waals surface area contributed by atoms with Gasteiger partial charge in [-0.05, 0) is 47.9 Å². The van der Waals surface area contributed by atoms with E-state index in [4.69, 9.17) is 9.47 Å². The third-order valence-electron chi connectivity index (χ3n) is 3.99. The number of methoxy groups -OCH3 is 1. The van der Waals surface area contributed by atoms with Gasteiger partial charge in [-0.25, -0.2) is 8.42 Å². The van der Waals surface area contributed by atoms with Crippen molar-refractivity contribution in [3.05, 3.63) is 54.1 Å². The van der Waals surface area contributed by atoms with Crippen LogP contribution in [0.4, 0.5) is 0 Å². The SMILES string of the molecule is COc1ccc(OCCN(C)S(=O)(=O)c2ccc(C(C)C)cc2)cc1. The van der Waals surface area contributed by atoms with Crippen molar-refractivity contribution in [1.82, 2.24) is 4.31 Å². The Balaban J connectivity index is 1.94. The normalized spacial score (nSPS) is 11.8. The summed E-state index contributed by atoms with van der Waals surface area (Å²) in [4.78, 5) is 0.295. The van der Waals surface area contributed by atoms with E-state index in [-0.39, 0.29) is 13.2 Å². The molecule has 25 heavy (non-hydrogen) atoms. The summed E-state index contributed by atoms with van der Waals surface area (Å²) in [5.41, 5.74) is 1.12. The van der Waals surface area contributed by atoms with E-state index < -0.39 is 10.0 Å². The number of hydrogen-bond donors (Lipinski definition) is 0. The first-order valence-electron chi connectivity index (χ1n) is 8.17. The average molecular weight is 363 g/mol. The van der Waals surface area contributed by atoms with Gasteiger partial charge in [-0.3, -0.25) is 0 Å². The van der Waals surface area contributed by atoms with Gasteiger partial charge in [-0.15, -0.1) is 0 Å². The van der Waals surface area contributed by atoms with E-state index in [0.29, 0.717) is 16.6 Å². The molecule has 0 spiro atoms. The van der Waals surface area contributed by atoms with Crippen LogP contribution in [0.25, 0.3) is 0 Å². The molecule has 0 N–H and O–H groups in total. The van der Waals surface area contributed by atoms with Crippen LogP contribution in [-0.4, -0.2) is 40.0 Å². The Hall–Kier alpha value is -2.05. The maximum atomic E-state index is 12.6. The highest BCUT2D eigenvalue weighted by Gasteiger charge is 2.20. The summed E-state index contributed by atoms with van der Waals surface area (Å²) in [6.07, 6.45) is 0. The summed E-state index contributed by atoms with van der Waals surface area (Å²) < 4.78 is 37.2. The quantitative estimate of drug-likeness (QED) is 0.720. The zero-order chi connectivity index (χ0) is 18.4. The zero-order valence-corrected chi connectivity index (χ0v) is 15.9. The Labute approximate surface area is 150 Å². The van der Waals surface area contributed by atoms with Gasteiger partial charge in [-0.1, -0.05) is 26.0 Å². The fourth-order valence-electron chi connectivity index (χ4n) is 2.29. The van der Waals surface area contributed by atoms with E-state index in [9.17, 15) is 8.42 Å². The van der Waals surface area contributed by atoms with Crippen molar-refractivity contribution in [3.63, 3.8) is 0 Å². The molecule has 0 radical (unpaired) electrons. The number of sulfonamides is 1. The van der Waals surface area contributed by atoms with Gasteiger partial charge >= 0.3 is 0 Å². The number of ether oxygens (including phenoxy) is 2. The molecule has 0 aliphatic heterocycles. The molecule has 0 aromatic heterocycles. The van der Waals surface area contributed by atoms with Crippen molar-refractivity contribution >= 4 is 10.0 Å². The summed E-state index contributed by atoms with van der Waals surface area (Å²) in [6.45, 7) is 4.69. The van der Waals surface area contributed by atoms with E-state index in [2.05, 4.69) is 13.8 Å². The molecule has 0 amide bonds. The lowest BCUT2D eigenvalue weighted by atomic mass is 10.0. The van der Waals surface area contributed by atoms with Gasteiger partial charge in [0.2, 0.25) is 10.0 Å². The van der Waals surface area contributed by atoms with Crippen molar-refractivity contribution in [2.75, 3.05) is 27.3 Å². The van der Waals surface area contributed by atoms with Crippen LogP contribution < -0.4 is 9.47 Å². The Morgan fingerprint density at radius 3 is 2.04 bits per heavy atom. The van der Waals surface area contributed by atoms with Gasteiger partial charge in [0.05, 0.1) is 12.0 Å². The largest absolute Gasteiger partial charge is 0.497 e. The minimum atomic E-state index is -3.51. The third-order valence-corrected chi connectivity index (χ3v) is 5.86. The second-order valence-corrected chi connectivity index (χ2v) is 8.12. The molecule has 0 saturated heterocycles. The molecule has 2 rings (SSSR count). The van der Waals surface area contributed by atoms with Gasteiger partial charge < -0.3 is 9.47 Å². The number of nitrogens with zero attached hydrogens (tertiary/aromatic N) is 1. The van der Waals surface area contributed by atoms with Crippen molar-refractivity contribution < 1.29 is 17.9 Å². The topological polar surface area (TPSA) is 55.8 Å². The minimum absolute atomic E-state index is 0.264. The van der Waals surface area contributed by atoms with E-state index in [1.54, 1.807) is 50.6 Å². The molecule has 2 aromatic rings. The maximum Gasteiger partial charge on any atom is 0.242 e. The van der Waals surface area contributed by atoms with Crippen LogP contribution in [0.5, 0.6) is 11.5 Å². The first-order valence-corrected chi connectivity index (χ1v) is 9.61. The van der Waals surface area contributed by atoms with Crippen LogP contribution in [0.2, 0.25) is 0 Å². The van der Waals surface area contributed by atoms with Gasteiger partial charge in [0, 0.05) is 13.6 Å². The Bertz CT molecular complexity index is 768. The Morgan fingerprint density at radius 1 is 0.960 bits per heavy atom. The molecular weight excluding hydrogens is 338 g/mol. The summed E-state index contributed by atoms with van der Waals surface area (Å²) in [5, 5.41) is 0. The van der Waals surface area contributed by atoms with Crippen molar-refractivity contribution in [2.45, 2.75) is 24.7 Å². The van der Waals surface area contributed by atoms with E-state index in [0.717, 1.165) is 11.3 Å². The molecule has 0 fully saturated rings. The standard InChI is InChI=1S/C19H25NO4S/c1-15(2)16-5-11-19(12-6-16)25(21,22)20(3)13-14-24-18-9-7-17(23-4)8-10-18/h5-12,15H,13-14H2,1-4H3. The third kappa shape index (κ3) is 4.96. The van der Waals surface area contributed by atoms with Crippen LogP contribution >= 0.6 is 0 Å². The van der Waals surface area contributed by atoms with Crippen molar-refractivity contribution in [3.8, 4) is 11.5 Å². The van der Waals surface area contributed by atoms with E-state index >= 15 is 0 Å². The maximum absolute atomic E-state index is 12.6.